The number of aromatic nitrogens is 2. The quantitative estimate of drug-likeness (QED) is 0.557. The molecule has 1 aromatic rings. The fourth-order valence-electron chi connectivity index (χ4n) is 1.18. The average molecular weight is 241 g/mol. The number of anilines is 2. The maximum absolute atomic E-state index is 10.5. The van der Waals surface area contributed by atoms with E-state index in [4.69, 9.17) is 10.8 Å². The molecule has 3 N–H and O–H groups in total. The standard InChI is InChI=1S/C9H15N5O3/c1-6(15)3-4-13(2)9-11-5-7(14(16)17)8(10)12-9/h5-6,15H,3-4H2,1-2H3,(H2,10,11,12)/t6-/m1/s1. The molecule has 0 radical (unpaired) electrons. The number of rotatable bonds is 5. The van der Waals surface area contributed by atoms with E-state index < -0.39 is 11.0 Å². The molecule has 94 valence electrons. The number of aliphatic hydroxyl groups excluding tert-OH is 1. The SMILES string of the molecule is C[C@@H](O)CCN(C)c1ncc([N+](=O)[O-])c(N)n1. The van der Waals surface area contributed by atoms with Crippen molar-refractivity contribution in [3.63, 3.8) is 0 Å². The van der Waals surface area contributed by atoms with Gasteiger partial charge >= 0.3 is 5.69 Å². The van der Waals surface area contributed by atoms with Gasteiger partial charge in [0.25, 0.3) is 0 Å². The van der Waals surface area contributed by atoms with Crippen molar-refractivity contribution in [2.45, 2.75) is 19.4 Å². The minimum atomic E-state index is -0.630. The zero-order valence-electron chi connectivity index (χ0n) is 9.70. The maximum atomic E-state index is 10.5. The summed E-state index contributed by atoms with van der Waals surface area (Å²) in [5, 5.41) is 19.7. The third kappa shape index (κ3) is 3.52. The molecule has 0 aliphatic heterocycles. The second-order valence-electron chi connectivity index (χ2n) is 3.76. The number of hydrogen-bond donors (Lipinski definition) is 2. The van der Waals surface area contributed by atoms with Crippen molar-refractivity contribution in [1.82, 2.24) is 9.97 Å². The van der Waals surface area contributed by atoms with E-state index in [9.17, 15) is 10.1 Å². The lowest BCUT2D eigenvalue weighted by atomic mass is 10.3. The largest absolute Gasteiger partial charge is 0.393 e. The highest BCUT2D eigenvalue weighted by Gasteiger charge is 2.15. The minimum Gasteiger partial charge on any atom is -0.393 e. The van der Waals surface area contributed by atoms with Crippen molar-refractivity contribution < 1.29 is 10.0 Å². The maximum Gasteiger partial charge on any atom is 0.329 e. The van der Waals surface area contributed by atoms with E-state index >= 15 is 0 Å². The van der Waals surface area contributed by atoms with Gasteiger partial charge in [-0.05, 0) is 13.3 Å². The fraction of sp³-hybridized carbons (Fsp3) is 0.556. The molecule has 8 nitrogen and oxygen atoms in total. The van der Waals surface area contributed by atoms with Crippen molar-refractivity contribution >= 4 is 17.5 Å². The topological polar surface area (TPSA) is 118 Å². The van der Waals surface area contributed by atoms with E-state index in [1.165, 1.54) is 0 Å². The molecule has 0 fully saturated rings. The van der Waals surface area contributed by atoms with Gasteiger partial charge in [-0.1, -0.05) is 0 Å². The van der Waals surface area contributed by atoms with E-state index in [1.807, 2.05) is 0 Å². The van der Waals surface area contributed by atoms with Gasteiger partial charge in [0, 0.05) is 13.6 Å². The predicted octanol–water partition coefficient (Wildman–Crippen LogP) is 0.174. The Morgan fingerprint density at radius 3 is 2.82 bits per heavy atom. The monoisotopic (exact) mass is 241 g/mol. The van der Waals surface area contributed by atoms with Gasteiger partial charge < -0.3 is 15.7 Å². The van der Waals surface area contributed by atoms with Crippen LogP contribution in [0.15, 0.2) is 6.20 Å². The first-order valence-corrected chi connectivity index (χ1v) is 5.08. The lowest BCUT2D eigenvalue weighted by Gasteiger charge is -2.17. The highest BCUT2D eigenvalue weighted by molar-refractivity contribution is 5.53. The molecule has 0 bridgehead atoms. The van der Waals surface area contributed by atoms with Crippen LogP contribution in [0.4, 0.5) is 17.5 Å². The van der Waals surface area contributed by atoms with Crippen molar-refractivity contribution in [3.05, 3.63) is 16.3 Å². The lowest BCUT2D eigenvalue weighted by molar-refractivity contribution is -0.384. The molecule has 0 saturated heterocycles. The molecular weight excluding hydrogens is 226 g/mol. The van der Waals surface area contributed by atoms with Crippen molar-refractivity contribution in [1.29, 1.82) is 0 Å². The van der Waals surface area contributed by atoms with Crippen LogP contribution in [-0.2, 0) is 0 Å². The zero-order valence-corrected chi connectivity index (χ0v) is 9.70. The lowest BCUT2D eigenvalue weighted by Crippen LogP contribution is -2.24. The Hall–Kier alpha value is -1.96. The highest BCUT2D eigenvalue weighted by atomic mass is 16.6. The smallest absolute Gasteiger partial charge is 0.329 e. The van der Waals surface area contributed by atoms with Gasteiger partial charge in [0.1, 0.15) is 6.20 Å². The fourth-order valence-corrected chi connectivity index (χ4v) is 1.18. The summed E-state index contributed by atoms with van der Waals surface area (Å²) in [5.74, 6) is 0.137. The van der Waals surface area contributed by atoms with E-state index in [0.717, 1.165) is 6.20 Å². The summed E-state index contributed by atoms with van der Waals surface area (Å²) >= 11 is 0. The van der Waals surface area contributed by atoms with Gasteiger partial charge in [-0.25, -0.2) is 4.98 Å². The number of hydrogen-bond acceptors (Lipinski definition) is 7. The molecule has 1 heterocycles. The number of nitrogens with zero attached hydrogens (tertiary/aromatic N) is 4. The zero-order chi connectivity index (χ0) is 13.0. The summed E-state index contributed by atoms with van der Waals surface area (Å²) in [6.07, 6.45) is 1.21. The Balaban J connectivity index is 2.79. The van der Waals surface area contributed by atoms with Crippen LogP contribution in [0.3, 0.4) is 0 Å². The first kappa shape index (κ1) is 13.1. The summed E-state index contributed by atoms with van der Waals surface area (Å²) < 4.78 is 0. The predicted molar refractivity (Wildman–Crippen MR) is 62.7 cm³/mol. The van der Waals surface area contributed by atoms with Crippen LogP contribution in [0.5, 0.6) is 0 Å². The Bertz CT molecular complexity index is 410. The van der Waals surface area contributed by atoms with Crippen LogP contribution < -0.4 is 10.6 Å². The van der Waals surface area contributed by atoms with Gasteiger partial charge in [-0.2, -0.15) is 4.98 Å². The summed E-state index contributed by atoms with van der Waals surface area (Å²) in [6.45, 7) is 2.22. The molecule has 1 atom stereocenters. The van der Waals surface area contributed by atoms with Crippen LogP contribution in [0.1, 0.15) is 13.3 Å². The summed E-state index contributed by atoms with van der Waals surface area (Å²) in [6, 6.07) is 0. The van der Waals surface area contributed by atoms with Crippen molar-refractivity contribution in [3.8, 4) is 0 Å². The molecule has 8 heteroatoms. The number of nitrogen functional groups attached to an aromatic ring is 1. The molecule has 0 unspecified atom stereocenters. The molecule has 0 amide bonds. The Kier molecular flexibility index (Phi) is 4.16. The van der Waals surface area contributed by atoms with E-state index in [2.05, 4.69) is 9.97 Å². The number of aliphatic hydroxyl groups is 1. The van der Waals surface area contributed by atoms with Crippen LogP contribution in [0.2, 0.25) is 0 Å². The average Bonchev–Trinajstić information content (AvgIpc) is 2.25. The molecule has 17 heavy (non-hydrogen) atoms. The second kappa shape index (κ2) is 5.39. The van der Waals surface area contributed by atoms with E-state index in [0.29, 0.717) is 18.9 Å². The van der Waals surface area contributed by atoms with Gasteiger partial charge in [0.15, 0.2) is 0 Å². The molecule has 0 aliphatic rings. The van der Waals surface area contributed by atoms with E-state index in [1.54, 1.807) is 18.9 Å². The first-order valence-electron chi connectivity index (χ1n) is 5.08. The Morgan fingerprint density at radius 2 is 2.35 bits per heavy atom. The molecule has 0 aliphatic carbocycles. The molecule has 1 rings (SSSR count). The summed E-state index contributed by atoms with van der Waals surface area (Å²) in [7, 11) is 1.73. The normalized spacial score (nSPS) is 12.2. The molecule has 0 saturated carbocycles. The van der Waals surface area contributed by atoms with Crippen LogP contribution >= 0.6 is 0 Å². The molecule has 1 aromatic heterocycles. The second-order valence-corrected chi connectivity index (χ2v) is 3.76. The van der Waals surface area contributed by atoms with Gasteiger partial charge in [-0.15, -0.1) is 0 Å². The Morgan fingerprint density at radius 1 is 1.71 bits per heavy atom. The molecule has 0 aromatic carbocycles. The number of nitrogens with two attached hydrogens (primary N) is 1. The van der Waals surface area contributed by atoms with Gasteiger partial charge in [0.2, 0.25) is 11.8 Å². The minimum absolute atomic E-state index is 0.163. The van der Waals surface area contributed by atoms with E-state index in [-0.39, 0.29) is 11.5 Å². The summed E-state index contributed by atoms with van der Waals surface area (Å²) in [4.78, 5) is 19.3. The van der Waals surface area contributed by atoms with Crippen molar-refractivity contribution in [2.75, 3.05) is 24.2 Å². The molecular formula is C9H15N5O3. The third-order valence-corrected chi connectivity index (χ3v) is 2.21. The number of nitro groups is 1. The first-order chi connectivity index (χ1) is 7.91. The van der Waals surface area contributed by atoms with Crippen molar-refractivity contribution in [2.24, 2.45) is 0 Å². The third-order valence-electron chi connectivity index (χ3n) is 2.21. The van der Waals surface area contributed by atoms with Gasteiger partial charge in [0.05, 0.1) is 11.0 Å². The Labute approximate surface area is 98.2 Å². The van der Waals surface area contributed by atoms with Gasteiger partial charge in [-0.3, -0.25) is 10.1 Å². The van der Waals surface area contributed by atoms with Crippen LogP contribution in [0.25, 0.3) is 0 Å². The highest BCUT2D eigenvalue weighted by Crippen LogP contribution is 2.19. The van der Waals surface area contributed by atoms with Crippen LogP contribution in [-0.4, -0.2) is 39.7 Å². The summed E-state index contributed by atoms with van der Waals surface area (Å²) in [5.41, 5.74) is 5.14. The van der Waals surface area contributed by atoms with Crippen LogP contribution in [0, 0.1) is 10.1 Å². The molecule has 0 spiro atoms.